The van der Waals surface area contributed by atoms with Crippen molar-refractivity contribution in [3.8, 4) is 0 Å². The molecule has 1 amide bonds. The Balaban J connectivity index is 1.51. The fourth-order valence-corrected chi connectivity index (χ4v) is 4.11. The number of halogens is 1. The van der Waals surface area contributed by atoms with Crippen molar-refractivity contribution < 1.29 is 14.6 Å². The summed E-state index contributed by atoms with van der Waals surface area (Å²) in [6.45, 7) is 2.46. The van der Waals surface area contributed by atoms with Gasteiger partial charge < -0.3 is 11.1 Å². The lowest BCUT2D eigenvalue weighted by Gasteiger charge is -2.19. The van der Waals surface area contributed by atoms with Crippen molar-refractivity contribution in [3.63, 3.8) is 0 Å². The fraction of sp³-hybridized carbons (Fsp3) is 0.500. The molecule has 5 N–H and O–H groups in total. The van der Waals surface area contributed by atoms with Gasteiger partial charge in [-0.1, -0.05) is 41.3 Å². The summed E-state index contributed by atoms with van der Waals surface area (Å²) < 4.78 is 5.71. The van der Waals surface area contributed by atoms with Crippen molar-refractivity contribution in [2.75, 3.05) is 11.9 Å². The number of hydrogen-bond donors (Lipinski definition) is 4. The number of amides is 1. The van der Waals surface area contributed by atoms with Crippen LogP contribution in [0.3, 0.4) is 0 Å². The highest BCUT2D eigenvalue weighted by molar-refractivity contribution is 9.10. The molecule has 2 aromatic rings. The van der Waals surface area contributed by atoms with Gasteiger partial charge in [0.1, 0.15) is 5.84 Å². The maximum Gasteiger partial charge on any atom is 0.247 e. The molecule has 1 aromatic carbocycles. The monoisotopic (exact) mass is 519 g/mol. The number of nitrogens with one attached hydrogen (secondary N) is 2. The molecule has 0 unspecified atom stereocenters. The lowest BCUT2D eigenvalue weighted by molar-refractivity contribution is -0.118. The first-order valence-electron chi connectivity index (χ1n) is 11.1. The first-order chi connectivity index (χ1) is 16.0. The summed E-state index contributed by atoms with van der Waals surface area (Å²) >= 11 is 3.46. The van der Waals surface area contributed by atoms with E-state index in [-0.39, 0.29) is 17.4 Å². The lowest BCUT2D eigenvalue weighted by Crippen LogP contribution is -2.22. The molecule has 33 heavy (non-hydrogen) atoms. The number of nitrogens with zero attached hydrogens (tertiary/aromatic N) is 4. The molecule has 0 atom stereocenters. The minimum Gasteiger partial charge on any atom is -0.387 e. The summed E-state index contributed by atoms with van der Waals surface area (Å²) in [6.07, 6.45) is 7.45. The van der Waals surface area contributed by atoms with E-state index in [1.165, 1.54) is 19.3 Å². The summed E-state index contributed by atoms with van der Waals surface area (Å²) in [6, 6.07) is 5.55. The smallest absolute Gasteiger partial charge is 0.247 e. The zero-order chi connectivity index (χ0) is 23.6. The Morgan fingerprint density at radius 1 is 1.30 bits per heavy atom. The zero-order valence-corrected chi connectivity index (χ0v) is 20.3. The molecule has 1 aliphatic rings. The van der Waals surface area contributed by atoms with E-state index in [9.17, 15) is 10.0 Å². The van der Waals surface area contributed by atoms with Crippen LogP contribution in [-0.2, 0) is 4.79 Å². The van der Waals surface area contributed by atoms with Crippen LogP contribution in [0.2, 0.25) is 0 Å². The Kier molecular flexibility index (Phi) is 9.37. The van der Waals surface area contributed by atoms with Crippen molar-refractivity contribution >= 4 is 45.0 Å². The number of aromatic nitrogens is 2. The molecule has 0 spiro atoms. The molecule has 0 radical (unpaired) electrons. The van der Waals surface area contributed by atoms with Gasteiger partial charge in [0, 0.05) is 23.9 Å². The summed E-state index contributed by atoms with van der Waals surface area (Å²) in [7, 11) is 0. The highest BCUT2D eigenvalue weighted by Crippen LogP contribution is 2.26. The van der Waals surface area contributed by atoms with Gasteiger partial charge in [0.2, 0.25) is 11.7 Å². The molecule has 1 saturated carbocycles. The van der Waals surface area contributed by atoms with Crippen LogP contribution in [-0.4, -0.2) is 39.6 Å². The van der Waals surface area contributed by atoms with Crippen molar-refractivity contribution in [1.82, 2.24) is 15.8 Å². The van der Waals surface area contributed by atoms with Gasteiger partial charge in [-0.3, -0.25) is 15.5 Å². The Morgan fingerprint density at radius 2 is 2.09 bits per heavy atom. The molecule has 1 aromatic heterocycles. The molecule has 3 rings (SSSR count). The van der Waals surface area contributed by atoms with Gasteiger partial charge in [0.05, 0.1) is 5.69 Å². The summed E-state index contributed by atoms with van der Waals surface area (Å²) in [5.41, 5.74) is 9.89. The number of rotatable bonds is 9. The van der Waals surface area contributed by atoms with Crippen molar-refractivity contribution in [1.29, 1.82) is 0 Å². The molecular formula is C22H30BrN7O3. The number of anilines is 1. The first kappa shape index (κ1) is 24.8. The second-order valence-electron chi connectivity index (χ2n) is 8.20. The second-order valence-corrected chi connectivity index (χ2v) is 9.06. The minimum absolute atomic E-state index is 0.0869. The quantitative estimate of drug-likeness (QED) is 0.166. The molecule has 1 aliphatic carbocycles. The Labute approximate surface area is 201 Å². The number of nitrogens with two attached hydrogens (primary N) is 1. The topological polar surface area (TPSA) is 151 Å². The van der Waals surface area contributed by atoms with Crippen LogP contribution in [0.4, 0.5) is 11.5 Å². The molecule has 11 heteroatoms. The molecule has 178 valence electrons. The standard InChI is InChI=1S/C22H30BrN7O3/c1-14-9-10-16(13-17(14)23)26-22(28-32)20-21(30-33-29-20)25-11-5-8-18(24)27-19(31)12-15-6-3-2-4-7-15/h9-10,13,15,32H,2-8,11-12H2,1H3,(H,25,30)(H,26,28)(H2,24,27,31). The molecule has 10 nitrogen and oxygen atoms in total. The van der Waals surface area contributed by atoms with E-state index < -0.39 is 0 Å². The van der Waals surface area contributed by atoms with E-state index in [4.69, 9.17) is 10.4 Å². The van der Waals surface area contributed by atoms with Gasteiger partial charge in [-0.2, -0.15) is 0 Å². The minimum atomic E-state index is -0.132. The summed E-state index contributed by atoms with van der Waals surface area (Å²) in [4.78, 5) is 20.5. The maximum atomic E-state index is 12.1. The number of aliphatic imine (C=N–C) groups is 2. The van der Waals surface area contributed by atoms with Gasteiger partial charge in [-0.15, -0.1) is 0 Å². The molecule has 0 aliphatic heterocycles. The number of carbonyl (C=O) groups excluding carboxylic acids is 1. The Morgan fingerprint density at radius 3 is 2.82 bits per heavy atom. The maximum absolute atomic E-state index is 12.1. The van der Waals surface area contributed by atoms with Crippen molar-refractivity contribution in [3.05, 3.63) is 33.9 Å². The molecule has 0 bridgehead atoms. The number of hydrogen-bond acceptors (Lipinski definition) is 7. The number of benzene rings is 1. The van der Waals surface area contributed by atoms with Crippen molar-refractivity contribution in [2.24, 2.45) is 21.6 Å². The third kappa shape index (κ3) is 7.64. The molecule has 1 heterocycles. The Bertz CT molecular complexity index is 1000. The van der Waals surface area contributed by atoms with Crippen LogP contribution in [0.1, 0.15) is 62.6 Å². The van der Waals surface area contributed by atoms with Crippen LogP contribution in [0, 0.1) is 12.8 Å². The number of amidine groups is 2. The number of hydroxylamine groups is 1. The number of aryl methyl sites for hydroxylation is 1. The van der Waals surface area contributed by atoms with Crippen LogP contribution in [0.15, 0.2) is 37.3 Å². The van der Waals surface area contributed by atoms with Gasteiger partial charge in [0.15, 0.2) is 11.5 Å². The highest BCUT2D eigenvalue weighted by atomic mass is 79.9. The van der Waals surface area contributed by atoms with E-state index in [1.54, 1.807) is 0 Å². The third-order valence-corrected chi connectivity index (χ3v) is 6.43. The van der Waals surface area contributed by atoms with E-state index in [0.717, 1.165) is 22.9 Å². The predicted molar refractivity (Wildman–Crippen MR) is 130 cm³/mol. The largest absolute Gasteiger partial charge is 0.387 e. The van der Waals surface area contributed by atoms with Crippen LogP contribution < -0.4 is 16.5 Å². The fourth-order valence-electron chi connectivity index (χ4n) is 3.75. The average molecular weight is 520 g/mol. The number of carbonyl (C=O) groups is 1. The van der Waals surface area contributed by atoms with E-state index in [2.05, 4.69) is 41.5 Å². The zero-order valence-electron chi connectivity index (χ0n) is 18.7. The van der Waals surface area contributed by atoms with E-state index >= 15 is 0 Å². The van der Waals surface area contributed by atoms with Gasteiger partial charge in [-0.25, -0.2) is 14.6 Å². The van der Waals surface area contributed by atoms with Gasteiger partial charge >= 0.3 is 0 Å². The molecule has 1 fully saturated rings. The average Bonchev–Trinajstić information content (AvgIpc) is 3.26. The summed E-state index contributed by atoms with van der Waals surface area (Å²) in [5, 5.41) is 20.3. The van der Waals surface area contributed by atoms with Crippen LogP contribution in [0.25, 0.3) is 0 Å². The SMILES string of the molecule is Cc1ccc(N=C(NO)c2nonc2NCCCC(N)=NC(=O)CC2CCCCC2)cc1Br. The van der Waals surface area contributed by atoms with Crippen molar-refractivity contribution in [2.45, 2.75) is 58.3 Å². The third-order valence-electron chi connectivity index (χ3n) is 5.57. The first-order valence-corrected chi connectivity index (χ1v) is 11.9. The highest BCUT2D eigenvalue weighted by Gasteiger charge is 2.18. The summed E-state index contributed by atoms with van der Waals surface area (Å²) in [5.74, 6) is 1.06. The normalized spacial score (nSPS) is 15.5. The second kappa shape index (κ2) is 12.4. The van der Waals surface area contributed by atoms with E-state index in [0.29, 0.717) is 49.1 Å². The lowest BCUT2D eigenvalue weighted by atomic mass is 9.87. The molecule has 0 saturated heterocycles. The van der Waals surface area contributed by atoms with Crippen LogP contribution >= 0.6 is 15.9 Å². The van der Waals surface area contributed by atoms with Crippen LogP contribution in [0.5, 0.6) is 0 Å². The predicted octanol–water partition coefficient (Wildman–Crippen LogP) is 4.24. The Hall–Kier alpha value is -2.79. The van der Waals surface area contributed by atoms with Gasteiger partial charge in [-0.05, 0) is 60.1 Å². The molecular weight excluding hydrogens is 490 g/mol. The van der Waals surface area contributed by atoms with E-state index in [1.807, 2.05) is 30.6 Å². The van der Waals surface area contributed by atoms with Gasteiger partial charge in [0.25, 0.3) is 0 Å².